The minimum absolute atomic E-state index is 0.109. The van der Waals surface area contributed by atoms with Crippen LogP contribution in [0.3, 0.4) is 0 Å². The molecule has 1 rings (SSSR count). The van der Waals surface area contributed by atoms with Crippen molar-refractivity contribution >= 4 is 5.97 Å². The van der Waals surface area contributed by atoms with Gasteiger partial charge in [-0.1, -0.05) is 6.92 Å². The van der Waals surface area contributed by atoms with E-state index < -0.39 is 0 Å². The molecule has 4 nitrogen and oxygen atoms in total. The van der Waals surface area contributed by atoms with E-state index in [1.807, 2.05) is 6.92 Å². The first-order valence-corrected chi connectivity index (χ1v) is 6.19. The molecule has 1 aliphatic heterocycles. The number of piperidine rings is 1. The normalized spacial score (nSPS) is 28.8. The third-order valence-corrected chi connectivity index (χ3v) is 3.44. The number of likely N-dealkylation sites (tertiary alicyclic amines) is 1. The topological polar surface area (TPSA) is 55.6 Å². The van der Waals surface area contributed by atoms with Crippen LogP contribution in [0.4, 0.5) is 0 Å². The summed E-state index contributed by atoms with van der Waals surface area (Å²) >= 11 is 0. The Bertz CT molecular complexity index is 233. The Hall–Kier alpha value is -0.610. The van der Waals surface area contributed by atoms with Gasteiger partial charge in [-0.05, 0) is 32.7 Å². The zero-order valence-corrected chi connectivity index (χ0v) is 10.6. The SMILES string of the molecule is CCOC(=O)CC(C)N1CCC(C)C(N)C1. The van der Waals surface area contributed by atoms with Crippen molar-refractivity contribution in [2.45, 2.75) is 45.7 Å². The lowest BCUT2D eigenvalue weighted by Gasteiger charge is -2.38. The molecule has 0 aromatic carbocycles. The zero-order valence-electron chi connectivity index (χ0n) is 10.6. The van der Waals surface area contributed by atoms with Crippen LogP contribution < -0.4 is 5.73 Å². The van der Waals surface area contributed by atoms with Gasteiger partial charge in [0.05, 0.1) is 13.0 Å². The number of ether oxygens (including phenoxy) is 1. The molecular weight excluding hydrogens is 204 g/mol. The highest BCUT2D eigenvalue weighted by molar-refractivity contribution is 5.70. The standard InChI is InChI=1S/C12H24N2O2/c1-4-16-12(15)7-10(3)14-6-5-9(2)11(13)8-14/h9-11H,4-8,13H2,1-3H3. The minimum Gasteiger partial charge on any atom is -0.466 e. The van der Waals surface area contributed by atoms with Crippen molar-refractivity contribution < 1.29 is 9.53 Å². The van der Waals surface area contributed by atoms with Crippen LogP contribution in [0.5, 0.6) is 0 Å². The van der Waals surface area contributed by atoms with Crippen LogP contribution in [0.25, 0.3) is 0 Å². The van der Waals surface area contributed by atoms with Crippen LogP contribution in [0.1, 0.15) is 33.6 Å². The molecule has 0 saturated carbocycles. The quantitative estimate of drug-likeness (QED) is 0.729. The molecule has 16 heavy (non-hydrogen) atoms. The Morgan fingerprint density at radius 1 is 1.62 bits per heavy atom. The maximum absolute atomic E-state index is 11.4. The first-order valence-electron chi connectivity index (χ1n) is 6.19. The van der Waals surface area contributed by atoms with Gasteiger partial charge >= 0.3 is 5.97 Å². The van der Waals surface area contributed by atoms with Crippen LogP contribution in [0.15, 0.2) is 0 Å². The zero-order chi connectivity index (χ0) is 12.1. The second-order valence-corrected chi connectivity index (χ2v) is 4.78. The van der Waals surface area contributed by atoms with Gasteiger partial charge < -0.3 is 10.5 Å². The second kappa shape index (κ2) is 6.21. The van der Waals surface area contributed by atoms with Gasteiger partial charge in [-0.25, -0.2) is 0 Å². The lowest BCUT2D eigenvalue weighted by atomic mass is 9.93. The number of carbonyl (C=O) groups is 1. The van der Waals surface area contributed by atoms with Crippen molar-refractivity contribution in [3.8, 4) is 0 Å². The highest BCUT2D eigenvalue weighted by Gasteiger charge is 2.27. The monoisotopic (exact) mass is 228 g/mol. The molecule has 0 spiro atoms. The number of hydrogen-bond donors (Lipinski definition) is 1. The largest absolute Gasteiger partial charge is 0.466 e. The first kappa shape index (κ1) is 13.5. The Morgan fingerprint density at radius 3 is 2.88 bits per heavy atom. The molecule has 1 saturated heterocycles. The molecule has 3 atom stereocenters. The number of esters is 1. The predicted octanol–water partition coefficient (Wildman–Crippen LogP) is 0.997. The summed E-state index contributed by atoms with van der Waals surface area (Å²) in [5.41, 5.74) is 6.04. The van der Waals surface area contributed by atoms with Crippen molar-refractivity contribution in [3.63, 3.8) is 0 Å². The van der Waals surface area contributed by atoms with Crippen molar-refractivity contribution in [3.05, 3.63) is 0 Å². The van der Waals surface area contributed by atoms with E-state index in [2.05, 4.69) is 18.7 Å². The summed E-state index contributed by atoms with van der Waals surface area (Å²) in [6.45, 7) is 8.48. The number of hydrogen-bond acceptors (Lipinski definition) is 4. The van der Waals surface area contributed by atoms with Gasteiger partial charge in [-0.3, -0.25) is 9.69 Å². The van der Waals surface area contributed by atoms with Gasteiger partial charge in [0.2, 0.25) is 0 Å². The average Bonchev–Trinajstić information content (AvgIpc) is 2.22. The molecule has 94 valence electrons. The molecule has 3 unspecified atom stereocenters. The molecule has 4 heteroatoms. The van der Waals surface area contributed by atoms with Crippen LogP contribution in [0, 0.1) is 5.92 Å². The van der Waals surface area contributed by atoms with E-state index in [0.29, 0.717) is 18.9 Å². The van der Waals surface area contributed by atoms with E-state index in [1.165, 1.54) is 0 Å². The van der Waals surface area contributed by atoms with Gasteiger partial charge in [0.1, 0.15) is 0 Å². The smallest absolute Gasteiger partial charge is 0.307 e. The van der Waals surface area contributed by atoms with Crippen molar-refractivity contribution in [2.24, 2.45) is 11.7 Å². The summed E-state index contributed by atoms with van der Waals surface area (Å²) in [7, 11) is 0. The molecule has 0 amide bonds. The van der Waals surface area contributed by atoms with E-state index in [0.717, 1.165) is 19.5 Å². The fourth-order valence-corrected chi connectivity index (χ4v) is 2.12. The molecule has 0 aromatic rings. The highest BCUT2D eigenvalue weighted by Crippen LogP contribution is 2.18. The predicted molar refractivity (Wildman–Crippen MR) is 64.0 cm³/mol. The minimum atomic E-state index is -0.109. The third kappa shape index (κ3) is 3.76. The number of nitrogens with two attached hydrogens (primary N) is 1. The van der Waals surface area contributed by atoms with Crippen LogP contribution in [-0.4, -0.2) is 42.6 Å². The lowest BCUT2D eigenvalue weighted by Crippen LogP contribution is -2.51. The summed E-state index contributed by atoms with van der Waals surface area (Å²) in [5.74, 6) is 0.480. The summed E-state index contributed by atoms with van der Waals surface area (Å²) < 4.78 is 4.95. The van der Waals surface area contributed by atoms with Crippen LogP contribution in [0.2, 0.25) is 0 Å². The van der Waals surface area contributed by atoms with Gasteiger partial charge in [-0.2, -0.15) is 0 Å². The van der Waals surface area contributed by atoms with E-state index in [4.69, 9.17) is 10.5 Å². The van der Waals surface area contributed by atoms with Gasteiger partial charge in [-0.15, -0.1) is 0 Å². The summed E-state index contributed by atoms with van der Waals surface area (Å²) in [6.07, 6.45) is 1.59. The molecule has 0 radical (unpaired) electrons. The molecule has 0 aliphatic carbocycles. The van der Waals surface area contributed by atoms with Crippen LogP contribution in [-0.2, 0) is 9.53 Å². The maximum Gasteiger partial charge on any atom is 0.307 e. The third-order valence-electron chi connectivity index (χ3n) is 3.44. The molecular formula is C12H24N2O2. The van der Waals surface area contributed by atoms with Gasteiger partial charge in [0, 0.05) is 18.6 Å². The fraction of sp³-hybridized carbons (Fsp3) is 0.917. The second-order valence-electron chi connectivity index (χ2n) is 4.78. The average molecular weight is 228 g/mol. The Balaban J connectivity index is 2.36. The van der Waals surface area contributed by atoms with Crippen molar-refractivity contribution in [1.82, 2.24) is 4.90 Å². The van der Waals surface area contributed by atoms with Crippen molar-refractivity contribution in [2.75, 3.05) is 19.7 Å². The molecule has 2 N–H and O–H groups in total. The summed E-state index contributed by atoms with van der Waals surface area (Å²) in [4.78, 5) is 13.7. The fourth-order valence-electron chi connectivity index (χ4n) is 2.12. The van der Waals surface area contributed by atoms with E-state index in [1.54, 1.807) is 0 Å². The van der Waals surface area contributed by atoms with Crippen molar-refractivity contribution in [1.29, 1.82) is 0 Å². The number of nitrogens with zero attached hydrogens (tertiary/aromatic N) is 1. The Labute approximate surface area is 98.1 Å². The van der Waals surface area contributed by atoms with E-state index in [-0.39, 0.29) is 18.1 Å². The summed E-state index contributed by atoms with van der Waals surface area (Å²) in [5, 5.41) is 0. The maximum atomic E-state index is 11.4. The molecule has 1 fully saturated rings. The summed E-state index contributed by atoms with van der Waals surface area (Å²) in [6, 6.07) is 0.469. The lowest BCUT2D eigenvalue weighted by molar-refractivity contribution is -0.144. The van der Waals surface area contributed by atoms with E-state index >= 15 is 0 Å². The number of carbonyl (C=O) groups excluding carboxylic acids is 1. The van der Waals surface area contributed by atoms with E-state index in [9.17, 15) is 4.79 Å². The van der Waals surface area contributed by atoms with Gasteiger partial charge in [0.15, 0.2) is 0 Å². The Morgan fingerprint density at radius 2 is 2.31 bits per heavy atom. The Kier molecular flexibility index (Phi) is 5.22. The first-order chi connectivity index (χ1) is 7.54. The molecule has 1 aliphatic rings. The molecule has 0 bridgehead atoms. The van der Waals surface area contributed by atoms with Gasteiger partial charge in [0.25, 0.3) is 0 Å². The molecule has 1 heterocycles. The highest BCUT2D eigenvalue weighted by atomic mass is 16.5. The molecule has 0 aromatic heterocycles. The van der Waals surface area contributed by atoms with Crippen LogP contribution >= 0.6 is 0 Å². The number of rotatable bonds is 4.